The number of carbonyl (C=O) groups excluding carboxylic acids is 1. The number of hydrogen-bond donors (Lipinski definition) is 3. The minimum Gasteiger partial charge on any atom is -0.383 e. The molecule has 2 aromatic heterocycles. The van der Waals surface area contributed by atoms with Crippen LogP contribution in [0, 0.1) is 0 Å². The lowest BCUT2D eigenvalue weighted by molar-refractivity contribution is 0.0919. The number of H-pyrrole nitrogens is 1. The molecule has 130 valence electrons. The average Bonchev–Trinajstić information content (AvgIpc) is 2.97. The summed E-state index contributed by atoms with van der Waals surface area (Å²) in [5, 5.41) is 7.55. The van der Waals surface area contributed by atoms with E-state index in [-0.39, 0.29) is 11.4 Å². The summed E-state index contributed by atoms with van der Waals surface area (Å²) >= 11 is 0. The molecule has 25 heavy (non-hydrogen) atoms. The molecule has 1 aromatic carbocycles. The SMILES string of the molecule is CC(C)(C)NC(=O)c1cncc(NCCc2c[nH]c3ccccc23)c1. The maximum Gasteiger partial charge on any atom is 0.253 e. The molecule has 5 heteroatoms. The van der Waals surface area contributed by atoms with E-state index >= 15 is 0 Å². The molecule has 2 heterocycles. The molecule has 3 N–H and O–H groups in total. The van der Waals surface area contributed by atoms with Crippen molar-refractivity contribution >= 4 is 22.5 Å². The highest BCUT2D eigenvalue weighted by molar-refractivity contribution is 5.95. The Morgan fingerprint density at radius 2 is 2.00 bits per heavy atom. The number of fused-ring (bicyclic) bond motifs is 1. The van der Waals surface area contributed by atoms with E-state index in [1.54, 1.807) is 12.4 Å². The third kappa shape index (κ3) is 4.38. The predicted octanol–water partition coefficient (Wildman–Crippen LogP) is 3.75. The molecule has 3 aromatic rings. The molecule has 0 spiro atoms. The second-order valence-electron chi connectivity index (χ2n) is 7.20. The zero-order valence-electron chi connectivity index (χ0n) is 14.9. The fourth-order valence-corrected chi connectivity index (χ4v) is 2.75. The number of nitrogens with one attached hydrogen (secondary N) is 3. The van der Waals surface area contributed by atoms with Gasteiger partial charge in [-0.1, -0.05) is 18.2 Å². The third-order valence-corrected chi connectivity index (χ3v) is 3.89. The van der Waals surface area contributed by atoms with E-state index in [2.05, 4.69) is 38.9 Å². The van der Waals surface area contributed by atoms with Gasteiger partial charge in [-0.05, 0) is 44.9 Å². The molecule has 0 aliphatic heterocycles. The predicted molar refractivity (Wildman–Crippen MR) is 102 cm³/mol. The maximum atomic E-state index is 12.2. The Labute approximate surface area is 147 Å². The summed E-state index contributed by atoms with van der Waals surface area (Å²) in [7, 11) is 0. The largest absolute Gasteiger partial charge is 0.383 e. The number of para-hydroxylation sites is 1. The van der Waals surface area contributed by atoms with E-state index in [9.17, 15) is 4.79 Å². The van der Waals surface area contributed by atoms with Crippen molar-refractivity contribution in [1.82, 2.24) is 15.3 Å². The Morgan fingerprint density at radius 1 is 1.20 bits per heavy atom. The van der Waals surface area contributed by atoms with Gasteiger partial charge in [-0.25, -0.2) is 0 Å². The highest BCUT2D eigenvalue weighted by atomic mass is 16.1. The monoisotopic (exact) mass is 336 g/mol. The van der Waals surface area contributed by atoms with Gasteiger partial charge in [-0.3, -0.25) is 9.78 Å². The number of hydrogen-bond acceptors (Lipinski definition) is 3. The fraction of sp³-hybridized carbons (Fsp3) is 0.300. The maximum absolute atomic E-state index is 12.2. The number of rotatable bonds is 5. The molecule has 0 unspecified atom stereocenters. The number of aromatic nitrogens is 2. The van der Waals surface area contributed by atoms with Crippen molar-refractivity contribution in [2.45, 2.75) is 32.7 Å². The van der Waals surface area contributed by atoms with Gasteiger partial charge in [0.05, 0.1) is 11.3 Å². The molecule has 1 amide bonds. The van der Waals surface area contributed by atoms with E-state index in [4.69, 9.17) is 0 Å². The minimum atomic E-state index is -0.268. The van der Waals surface area contributed by atoms with Gasteiger partial charge in [0, 0.05) is 41.6 Å². The molecule has 0 aliphatic carbocycles. The van der Waals surface area contributed by atoms with E-state index in [0.29, 0.717) is 5.56 Å². The first kappa shape index (κ1) is 17.0. The van der Waals surface area contributed by atoms with Crippen molar-refractivity contribution in [3.63, 3.8) is 0 Å². The van der Waals surface area contributed by atoms with E-state index in [1.807, 2.05) is 39.0 Å². The van der Waals surface area contributed by atoms with Crippen LogP contribution in [0.4, 0.5) is 5.69 Å². The lowest BCUT2D eigenvalue weighted by Crippen LogP contribution is -2.40. The normalized spacial score (nSPS) is 11.5. The number of nitrogens with zero attached hydrogens (tertiary/aromatic N) is 1. The number of pyridine rings is 1. The Morgan fingerprint density at radius 3 is 2.80 bits per heavy atom. The minimum absolute atomic E-state index is 0.111. The Bertz CT molecular complexity index is 877. The molecule has 5 nitrogen and oxygen atoms in total. The Balaban J connectivity index is 1.62. The lowest BCUT2D eigenvalue weighted by Gasteiger charge is -2.20. The van der Waals surface area contributed by atoms with Crippen molar-refractivity contribution < 1.29 is 4.79 Å². The summed E-state index contributed by atoms with van der Waals surface area (Å²) in [6.45, 7) is 6.65. The van der Waals surface area contributed by atoms with Gasteiger partial charge in [0.15, 0.2) is 0 Å². The fourth-order valence-electron chi connectivity index (χ4n) is 2.75. The van der Waals surface area contributed by atoms with Crippen LogP contribution in [0.3, 0.4) is 0 Å². The number of anilines is 1. The molecule has 0 bridgehead atoms. The topological polar surface area (TPSA) is 69.8 Å². The Hall–Kier alpha value is -2.82. The standard InChI is InChI=1S/C20H24N4O/c1-20(2,3)24-19(25)15-10-16(13-21-11-15)22-9-8-14-12-23-18-7-5-4-6-17(14)18/h4-7,10-13,22-23H,8-9H2,1-3H3,(H,24,25). The zero-order valence-corrected chi connectivity index (χ0v) is 14.9. The van der Waals surface area contributed by atoms with Gasteiger partial charge in [-0.15, -0.1) is 0 Å². The average molecular weight is 336 g/mol. The van der Waals surface area contributed by atoms with Crippen LogP contribution < -0.4 is 10.6 Å². The highest BCUT2D eigenvalue weighted by Crippen LogP contribution is 2.18. The van der Waals surface area contributed by atoms with Crippen LogP contribution in [0.5, 0.6) is 0 Å². The van der Waals surface area contributed by atoms with Gasteiger partial charge in [0.25, 0.3) is 5.91 Å². The first-order valence-corrected chi connectivity index (χ1v) is 8.49. The number of benzene rings is 1. The third-order valence-electron chi connectivity index (χ3n) is 3.89. The summed E-state index contributed by atoms with van der Waals surface area (Å²) < 4.78 is 0. The van der Waals surface area contributed by atoms with Crippen LogP contribution >= 0.6 is 0 Å². The van der Waals surface area contributed by atoms with E-state index in [1.165, 1.54) is 10.9 Å². The molecule has 0 saturated heterocycles. The number of carbonyl (C=O) groups is 1. The first-order chi connectivity index (χ1) is 11.9. The molecule has 0 fully saturated rings. The van der Waals surface area contributed by atoms with Crippen molar-refractivity contribution in [2.75, 3.05) is 11.9 Å². The zero-order chi connectivity index (χ0) is 17.9. The van der Waals surface area contributed by atoms with Crippen molar-refractivity contribution in [2.24, 2.45) is 0 Å². The summed E-state index contributed by atoms with van der Waals surface area (Å²) in [6, 6.07) is 10.1. The molecule has 0 aliphatic rings. The van der Waals surface area contributed by atoms with Gasteiger partial charge < -0.3 is 15.6 Å². The van der Waals surface area contributed by atoms with E-state index < -0.39 is 0 Å². The quantitative estimate of drug-likeness (QED) is 0.665. The smallest absolute Gasteiger partial charge is 0.253 e. The van der Waals surface area contributed by atoms with Crippen LogP contribution in [-0.4, -0.2) is 28.0 Å². The highest BCUT2D eigenvalue weighted by Gasteiger charge is 2.15. The van der Waals surface area contributed by atoms with Crippen LogP contribution in [0.2, 0.25) is 0 Å². The second-order valence-corrected chi connectivity index (χ2v) is 7.20. The molecular formula is C20H24N4O. The summed E-state index contributed by atoms with van der Waals surface area (Å²) in [5.41, 5.74) is 3.57. The second kappa shape index (κ2) is 6.97. The summed E-state index contributed by atoms with van der Waals surface area (Å²) in [5.74, 6) is -0.111. The number of amides is 1. The molecular weight excluding hydrogens is 312 g/mol. The molecule has 0 atom stereocenters. The van der Waals surface area contributed by atoms with Crippen molar-refractivity contribution in [3.8, 4) is 0 Å². The lowest BCUT2D eigenvalue weighted by atomic mass is 10.1. The van der Waals surface area contributed by atoms with Crippen molar-refractivity contribution in [1.29, 1.82) is 0 Å². The van der Waals surface area contributed by atoms with Gasteiger partial charge in [0.1, 0.15) is 0 Å². The Kier molecular flexibility index (Phi) is 4.74. The number of aromatic amines is 1. The van der Waals surface area contributed by atoms with E-state index in [0.717, 1.165) is 24.2 Å². The molecule has 3 rings (SSSR count). The van der Waals surface area contributed by atoms with Crippen LogP contribution in [0.25, 0.3) is 10.9 Å². The molecule has 0 radical (unpaired) electrons. The van der Waals surface area contributed by atoms with Gasteiger partial charge in [0.2, 0.25) is 0 Å². The van der Waals surface area contributed by atoms with Gasteiger partial charge >= 0.3 is 0 Å². The van der Waals surface area contributed by atoms with Crippen molar-refractivity contribution in [3.05, 3.63) is 60.0 Å². The summed E-state index contributed by atoms with van der Waals surface area (Å²) in [6.07, 6.45) is 6.27. The first-order valence-electron chi connectivity index (χ1n) is 8.49. The summed E-state index contributed by atoms with van der Waals surface area (Å²) in [4.78, 5) is 19.7. The van der Waals surface area contributed by atoms with Crippen LogP contribution in [0.1, 0.15) is 36.7 Å². The van der Waals surface area contributed by atoms with Gasteiger partial charge in [-0.2, -0.15) is 0 Å². The van der Waals surface area contributed by atoms with Crippen LogP contribution in [-0.2, 0) is 6.42 Å². The van der Waals surface area contributed by atoms with Crippen LogP contribution in [0.15, 0.2) is 48.9 Å². The molecule has 0 saturated carbocycles.